The molecule has 0 radical (unpaired) electrons. The van der Waals surface area contributed by atoms with Crippen LogP contribution in [0.4, 0.5) is 0 Å². The lowest BCUT2D eigenvalue weighted by Crippen LogP contribution is -2.55. The second-order valence-electron chi connectivity index (χ2n) is 7.15. The molecule has 1 unspecified atom stereocenters. The van der Waals surface area contributed by atoms with Gasteiger partial charge < -0.3 is 10.0 Å². The first-order valence-corrected chi connectivity index (χ1v) is 7.39. The SMILES string of the molecule is CCCC(C)(CO)CN1CCN(C(C)(C)C)CC1. The molecular formula is C15H32N2O. The van der Waals surface area contributed by atoms with Gasteiger partial charge in [-0.25, -0.2) is 0 Å². The molecule has 1 aliphatic heterocycles. The molecule has 1 saturated heterocycles. The molecule has 1 N–H and O–H groups in total. The molecule has 0 amide bonds. The van der Waals surface area contributed by atoms with Gasteiger partial charge in [0.1, 0.15) is 0 Å². The zero-order valence-corrected chi connectivity index (χ0v) is 13.0. The minimum Gasteiger partial charge on any atom is -0.396 e. The number of rotatable bonds is 5. The highest BCUT2D eigenvalue weighted by molar-refractivity contribution is 4.85. The van der Waals surface area contributed by atoms with Crippen LogP contribution < -0.4 is 0 Å². The van der Waals surface area contributed by atoms with E-state index in [0.29, 0.717) is 6.61 Å². The van der Waals surface area contributed by atoms with Gasteiger partial charge >= 0.3 is 0 Å². The third-order valence-electron chi connectivity index (χ3n) is 4.16. The Balaban J connectivity index is 2.44. The second kappa shape index (κ2) is 6.36. The summed E-state index contributed by atoms with van der Waals surface area (Å²) in [6, 6.07) is 0. The number of aliphatic hydroxyl groups is 1. The van der Waals surface area contributed by atoms with Crippen LogP contribution in [0.25, 0.3) is 0 Å². The van der Waals surface area contributed by atoms with Crippen molar-refractivity contribution in [2.75, 3.05) is 39.3 Å². The summed E-state index contributed by atoms with van der Waals surface area (Å²) in [5, 5.41) is 9.59. The predicted octanol–water partition coefficient (Wildman–Crippen LogP) is 2.20. The average molecular weight is 256 g/mol. The normalized spacial score (nSPS) is 23.0. The van der Waals surface area contributed by atoms with Crippen LogP contribution in [0.15, 0.2) is 0 Å². The van der Waals surface area contributed by atoms with Gasteiger partial charge in [-0.15, -0.1) is 0 Å². The number of hydrogen-bond donors (Lipinski definition) is 1. The zero-order chi connectivity index (χ0) is 13.8. The summed E-state index contributed by atoms with van der Waals surface area (Å²) in [6.07, 6.45) is 2.27. The smallest absolute Gasteiger partial charge is 0.0497 e. The molecule has 18 heavy (non-hydrogen) atoms. The molecule has 0 bridgehead atoms. The van der Waals surface area contributed by atoms with Crippen molar-refractivity contribution >= 4 is 0 Å². The fraction of sp³-hybridized carbons (Fsp3) is 1.00. The Labute approximate surface area is 113 Å². The molecule has 0 spiro atoms. The number of aliphatic hydroxyl groups excluding tert-OH is 1. The van der Waals surface area contributed by atoms with E-state index in [1.54, 1.807) is 0 Å². The van der Waals surface area contributed by atoms with Crippen molar-refractivity contribution in [3.05, 3.63) is 0 Å². The van der Waals surface area contributed by atoms with E-state index in [1.807, 2.05) is 0 Å². The maximum atomic E-state index is 9.59. The third-order valence-corrected chi connectivity index (χ3v) is 4.16. The molecule has 3 nitrogen and oxygen atoms in total. The van der Waals surface area contributed by atoms with Crippen molar-refractivity contribution in [1.82, 2.24) is 9.80 Å². The van der Waals surface area contributed by atoms with Crippen LogP contribution in [-0.4, -0.2) is 59.8 Å². The lowest BCUT2D eigenvalue weighted by atomic mass is 9.85. The Morgan fingerprint density at radius 3 is 1.94 bits per heavy atom. The summed E-state index contributed by atoms with van der Waals surface area (Å²) in [7, 11) is 0. The van der Waals surface area contributed by atoms with E-state index in [9.17, 15) is 5.11 Å². The molecule has 0 aliphatic carbocycles. The van der Waals surface area contributed by atoms with Crippen LogP contribution in [-0.2, 0) is 0 Å². The lowest BCUT2D eigenvalue weighted by molar-refractivity contribution is 0.0239. The van der Waals surface area contributed by atoms with E-state index < -0.39 is 0 Å². The molecule has 0 aromatic heterocycles. The van der Waals surface area contributed by atoms with Gasteiger partial charge in [0.25, 0.3) is 0 Å². The Morgan fingerprint density at radius 1 is 1.00 bits per heavy atom. The van der Waals surface area contributed by atoms with E-state index in [4.69, 9.17) is 0 Å². The first-order valence-electron chi connectivity index (χ1n) is 7.39. The lowest BCUT2D eigenvalue weighted by Gasteiger charge is -2.44. The van der Waals surface area contributed by atoms with Gasteiger partial charge in [0.2, 0.25) is 0 Å². The van der Waals surface area contributed by atoms with Gasteiger partial charge in [-0.05, 0) is 27.2 Å². The van der Waals surface area contributed by atoms with Crippen LogP contribution in [0, 0.1) is 5.41 Å². The summed E-state index contributed by atoms with van der Waals surface area (Å²) in [5.41, 5.74) is 0.369. The number of hydrogen-bond acceptors (Lipinski definition) is 3. The highest BCUT2D eigenvalue weighted by Gasteiger charge is 2.30. The maximum absolute atomic E-state index is 9.59. The van der Waals surface area contributed by atoms with Gasteiger partial charge in [0.05, 0.1) is 0 Å². The summed E-state index contributed by atoms with van der Waals surface area (Å²) in [6.45, 7) is 17.2. The fourth-order valence-corrected chi connectivity index (χ4v) is 2.93. The van der Waals surface area contributed by atoms with E-state index >= 15 is 0 Å². The predicted molar refractivity (Wildman–Crippen MR) is 77.9 cm³/mol. The van der Waals surface area contributed by atoms with Crippen molar-refractivity contribution < 1.29 is 5.11 Å². The summed E-state index contributed by atoms with van der Waals surface area (Å²) < 4.78 is 0. The third kappa shape index (κ3) is 4.52. The minimum absolute atomic E-state index is 0.0820. The van der Waals surface area contributed by atoms with Crippen molar-refractivity contribution in [3.8, 4) is 0 Å². The number of nitrogens with zero attached hydrogens (tertiary/aromatic N) is 2. The van der Waals surface area contributed by atoms with Gasteiger partial charge in [-0.1, -0.05) is 20.3 Å². The molecule has 1 aliphatic rings. The van der Waals surface area contributed by atoms with Crippen LogP contribution in [0.1, 0.15) is 47.5 Å². The van der Waals surface area contributed by atoms with Crippen molar-refractivity contribution in [2.45, 2.75) is 53.0 Å². The van der Waals surface area contributed by atoms with Crippen LogP contribution in [0.2, 0.25) is 0 Å². The standard InChI is InChI=1S/C15H32N2O/c1-6-7-15(5,13-18)12-16-8-10-17(11-9-16)14(2,3)4/h18H,6-13H2,1-5H3. The Bertz CT molecular complexity index is 241. The van der Waals surface area contributed by atoms with E-state index in [0.717, 1.165) is 45.6 Å². The highest BCUT2D eigenvalue weighted by Crippen LogP contribution is 2.25. The van der Waals surface area contributed by atoms with Crippen LogP contribution in [0.3, 0.4) is 0 Å². The van der Waals surface area contributed by atoms with Crippen molar-refractivity contribution in [2.24, 2.45) is 5.41 Å². The first-order chi connectivity index (χ1) is 8.30. The first kappa shape index (κ1) is 15.9. The van der Waals surface area contributed by atoms with E-state index in [2.05, 4.69) is 44.4 Å². The quantitative estimate of drug-likeness (QED) is 0.817. The zero-order valence-electron chi connectivity index (χ0n) is 13.0. The Kier molecular flexibility index (Phi) is 5.63. The monoisotopic (exact) mass is 256 g/mol. The minimum atomic E-state index is 0.0820. The van der Waals surface area contributed by atoms with Crippen LogP contribution in [0.5, 0.6) is 0 Å². The second-order valence-corrected chi connectivity index (χ2v) is 7.15. The molecule has 1 atom stereocenters. The summed E-state index contributed by atoms with van der Waals surface area (Å²) in [5.74, 6) is 0. The molecule has 0 aromatic rings. The average Bonchev–Trinajstić information content (AvgIpc) is 2.29. The Morgan fingerprint density at radius 2 is 1.56 bits per heavy atom. The molecule has 108 valence electrons. The maximum Gasteiger partial charge on any atom is 0.0497 e. The fourth-order valence-electron chi connectivity index (χ4n) is 2.93. The van der Waals surface area contributed by atoms with Crippen molar-refractivity contribution in [3.63, 3.8) is 0 Å². The van der Waals surface area contributed by atoms with Gasteiger partial charge in [-0.3, -0.25) is 4.90 Å². The van der Waals surface area contributed by atoms with Crippen molar-refractivity contribution in [1.29, 1.82) is 0 Å². The molecular weight excluding hydrogens is 224 g/mol. The summed E-state index contributed by atoms with van der Waals surface area (Å²) in [4.78, 5) is 5.08. The highest BCUT2D eigenvalue weighted by atomic mass is 16.3. The van der Waals surface area contributed by atoms with Gasteiger partial charge in [-0.2, -0.15) is 0 Å². The van der Waals surface area contributed by atoms with E-state index in [1.165, 1.54) is 0 Å². The number of piperazine rings is 1. The van der Waals surface area contributed by atoms with Crippen LogP contribution >= 0.6 is 0 Å². The largest absolute Gasteiger partial charge is 0.396 e. The molecule has 1 rings (SSSR count). The van der Waals surface area contributed by atoms with Gasteiger partial charge in [0.15, 0.2) is 0 Å². The molecule has 0 aromatic carbocycles. The van der Waals surface area contributed by atoms with E-state index in [-0.39, 0.29) is 11.0 Å². The molecule has 0 saturated carbocycles. The molecule has 1 heterocycles. The molecule has 3 heteroatoms. The Hall–Kier alpha value is -0.120. The summed E-state index contributed by atoms with van der Waals surface area (Å²) >= 11 is 0. The molecule has 1 fully saturated rings. The van der Waals surface area contributed by atoms with Gasteiger partial charge in [0, 0.05) is 50.3 Å². The topological polar surface area (TPSA) is 26.7 Å².